The van der Waals surface area contributed by atoms with Crippen LogP contribution in [0.1, 0.15) is 71.6 Å². The molecule has 20 heavy (non-hydrogen) atoms. The lowest BCUT2D eigenvalue weighted by atomic mass is 9.85. The van der Waals surface area contributed by atoms with Crippen LogP contribution in [0, 0.1) is 11.8 Å². The third-order valence-electron chi connectivity index (χ3n) is 6.12. The number of aliphatic imine (C=N–C) groups is 1. The van der Waals surface area contributed by atoms with E-state index < -0.39 is 0 Å². The average Bonchev–Trinajstić information content (AvgIpc) is 2.95. The summed E-state index contributed by atoms with van der Waals surface area (Å²) in [6.07, 6.45) is 12.1. The normalized spacial score (nSPS) is 35.9. The minimum absolute atomic E-state index is 0.280. The highest BCUT2D eigenvalue weighted by Gasteiger charge is 2.46. The molecule has 0 aromatic rings. The van der Waals surface area contributed by atoms with Crippen molar-refractivity contribution in [3.8, 4) is 0 Å². The summed E-state index contributed by atoms with van der Waals surface area (Å²) >= 11 is 0. The van der Waals surface area contributed by atoms with E-state index in [9.17, 15) is 0 Å². The first kappa shape index (κ1) is 14.2. The van der Waals surface area contributed by atoms with E-state index in [1.807, 2.05) is 0 Å². The lowest BCUT2D eigenvalue weighted by molar-refractivity contribution is 0.127. The van der Waals surface area contributed by atoms with E-state index in [2.05, 4.69) is 23.7 Å². The van der Waals surface area contributed by atoms with Crippen molar-refractivity contribution in [2.24, 2.45) is 22.6 Å². The number of nitrogens with zero attached hydrogens (tertiary/aromatic N) is 2. The summed E-state index contributed by atoms with van der Waals surface area (Å²) in [5.41, 5.74) is 6.57. The molecule has 0 radical (unpaired) electrons. The van der Waals surface area contributed by atoms with Crippen molar-refractivity contribution in [2.45, 2.75) is 83.2 Å². The molecule has 2 N–H and O–H groups in total. The van der Waals surface area contributed by atoms with Gasteiger partial charge in [-0.1, -0.05) is 39.5 Å². The average molecular weight is 277 g/mol. The molecule has 3 nitrogen and oxygen atoms in total. The highest BCUT2D eigenvalue weighted by Crippen LogP contribution is 2.42. The van der Waals surface area contributed by atoms with E-state index in [-0.39, 0.29) is 5.54 Å². The van der Waals surface area contributed by atoms with Gasteiger partial charge in [-0.05, 0) is 43.9 Å². The monoisotopic (exact) mass is 277 g/mol. The van der Waals surface area contributed by atoms with Crippen LogP contribution in [0.25, 0.3) is 0 Å². The number of guanidine groups is 1. The summed E-state index contributed by atoms with van der Waals surface area (Å²) in [6, 6.07) is 0.678. The van der Waals surface area contributed by atoms with E-state index in [4.69, 9.17) is 5.73 Å². The molecule has 0 aromatic carbocycles. The molecular formula is C17H31N3. The van der Waals surface area contributed by atoms with Gasteiger partial charge in [0, 0.05) is 6.04 Å². The molecule has 2 atom stereocenters. The Morgan fingerprint density at radius 2 is 1.85 bits per heavy atom. The number of hydrogen-bond donors (Lipinski definition) is 1. The van der Waals surface area contributed by atoms with E-state index in [1.165, 1.54) is 57.8 Å². The third kappa shape index (κ3) is 2.44. The van der Waals surface area contributed by atoms with Gasteiger partial charge in [-0.3, -0.25) is 4.99 Å². The van der Waals surface area contributed by atoms with Crippen molar-refractivity contribution in [3.05, 3.63) is 0 Å². The zero-order valence-corrected chi connectivity index (χ0v) is 13.3. The van der Waals surface area contributed by atoms with Gasteiger partial charge in [0.05, 0.1) is 12.1 Å². The van der Waals surface area contributed by atoms with Crippen LogP contribution in [0.3, 0.4) is 0 Å². The fraction of sp³-hybridized carbons (Fsp3) is 0.941. The van der Waals surface area contributed by atoms with Gasteiger partial charge < -0.3 is 10.6 Å². The second-order valence-electron chi connectivity index (χ2n) is 7.64. The van der Waals surface area contributed by atoms with Gasteiger partial charge in [-0.15, -0.1) is 0 Å². The fourth-order valence-electron chi connectivity index (χ4n) is 4.84. The van der Waals surface area contributed by atoms with Crippen LogP contribution in [0.4, 0.5) is 0 Å². The molecule has 3 rings (SSSR count). The van der Waals surface area contributed by atoms with Gasteiger partial charge in [0.1, 0.15) is 0 Å². The third-order valence-corrected chi connectivity index (χ3v) is 6.12. The maximum absolute atomic E-state index is 6.29. The van der Waals surface area contributed by atoms with Crippen molar-refractivity contribution >= 4 is 5.96 Å². The minimum atomic E-state index is 0.280. The SMILES string of the molecule is CC(C)C1CCCC2(CC1)CN=C(N)N2C1CCCC1. The molecule has 1 spiro atoms. The van der Waals surface area contributed by atoms with Gasteiger partial charge >= 0.3 is 0 Å². The molecule has 0 amide bonds. The Bertz CT molecular complexity index is 370. The fourth-order valence-corrected chi connectivity index (χ4v) is 4.84. The molecule has 0 aromatic heterocycles. The van der Waals surface area contributed by atoms with Crippen molar-refractivity contribution in [3.63, 3.8) is 0 Å². The topological polar surface area (TPSA) is 41.6 Å². The first-order chi connectivity index (χ1) is 9.62. The van der Waals surface area contributed by atoms with E-state index in [0.717, 1.165) is 24.3 Å². The smallest absolute Gasteiger partial charge is 0.192 e. The summed E-state index contributed by atoms with van der Waals surface area (Å²) in [4.78, 5) is 7.24. The van der Waals surface area contributed by atoms with Crippen LogP contribution >= 0.6 is 0 Å². The minimum Gasteiger partial charge on any atom is -0.370 e. The summed E-state index contributed by atoms with van der Waals surface area (Å²) < 4.78 is 0. The molecule has 1 aliphatic heterocycles. The summed E-state index contributed by atoms with van der Waals surface area (Å²) in [6.45, 7) is 5.73. The Morgan fingerprint density at radius 1 is 1.10 bits per heavy atom. The van der Waals surface area contributed by atoms with Crippen LogP contribution < -0.4 is 5.73 Å². The molecule has 2 fully saturated rings. The molecule has 2 saturated carbocycles. The van der Waals surface area contributed by atoms with Gasteiger partial charge in [0.25, 0.3) is 0 Å². The van der Waals surface area contributed by atoms with Gasteiger partial charge in [-0.2, -0.15) is 0 Å². The van der Waals surface area contributed by atoms with Gasteiger partial charge in [-0.25, -0.2) is 0 Å². The Kier molecular flexibility index (Phi) is 3.96. The maximum Gasteiger partial charge on any atom is 0.192 e. The molecule has 0 bridgehead atoms. The molecule has 114 valence electrons. The quantitative estimate of drug-likeness (QED) is 0.839. The number of hydrogen-bond acceptors (Lipinski definition) is 3. The Hall–Kier alpha value is -0.730. The van der Waals surface area contributed by atoms with E-state index >= 15 is 0 Å². The van der Waals surface area contributed by atoms with Crippen LogP contribution in [0.2, 0.25) is 0 Å². The van der Waals surface area contributed by atoms with Crippen LogP contribution in [0.5, 0.6) is 0 Å². The first-order valence-corrected chi connectivity index (χ1v) is 8.72. The molecule has 3 aliphatic rings. The Morgan fingerprint density at radius 3 is 2.55 bits per heavy atom. The van der Waals surface area contributed by atoms with E-state index in [0.29, 0.717) is 6.04 Å². The second kappa shape index (κ2) is 5.57. The molecule has 0 saturated heterocycles. The summed E-state index contributed by atoms with van der Waals surface area (Å²) in [5.74, 6) is 2.58. The predicted octanol–water partition coefficient (Wildman–Crippen LogP) is 3.53. The zero-order chi connectivity index (χ0) is 14.2. The Balaban J connectivity index is 1.76. The first-order valence-electron chi connectivity index (χ1n) is 8.72. The maximum atomic E-state index is 6.29. The molecule has 1 heterocycles. The second-order valence-corrected chi connectivity index (χ2v) is 7.64. The predicted molar refractivity (Wildman–Crippen MR) is 84.7 cm³/mol. The lowest BCUT2D eigenvalue weighted by Crippen LogP contribution is -2.55. The van der Waals surface area contributed by atoms with Gasteiger partial charge in [0.2, 0.25) is 0 Å². The van der Waals surface area contributed by atoms with Crippen LogP contribution in [-0.4, -0.2) is 29.0 Å². The van der Waals surface area contributed by atoms with Gasteiger partial charge in [0.15, 0.2) is 5.96 Å². The van der Waals surface area contributed by atoms with Crippen molar-refractivity contribution in [1.82, 2.24) is 4.90 Å². The van der Waals surface area contributed by atoms with Crippen LogP contribution in [0.15, 0.2) is 4.99 Å². The van der Waals surface area contributed by atoms with Crippen molar-refractivity contribution in [2.75, 3.05) is 6.54 Å². The molecule has 3 heteroatoms. The summed E-state index contributed by atoms with van der Waals surface area (Å²) in [5, 5.41) is 0. The largest absolute Gasteiger partial charge is 0.370 e. The zero-order valence-electron chi connectivity index (χ0n) is 13.3. The standard InChI is InChI=1S/C17H31N3/c1-13(2)14-6-5-10-17(11-9-14)12-19-16(18)20(17)15-7-3-4-8-15/h13-15H,3-12H2,1-2H3,(H2,18,19). The summed E-state index contributed by atoms with van der Waals surface area (Å²) in [7, 11) is 0. The number of rotatable bonds is 2. The van der Waals surface area contributed by atoms with Crippen LogP contribution in [-0.2, 0) is 0 Å². The molecular weight excluding hydrogens is 246 g/mol. The van der Waals surface area contributed by atoms with Crippen molar-refractivity contribution < 1.29 is 0 Å². The molecule has 2 unspecified atom stereocenters. The highest BCUT2D eigenvalue weighted by atomic mass is 15.4. The molecule has 2 aliphatic carbocycles. The Labute approximate surface area is 124 Å². The number of nitrogens with two attached hydrogens (primary N) is 1. The van der Waals surface area contributed by atoms with E-state index in [1.54, 1.807) is 0 Å². The van der Waals surface area contributed by atoms with Crippen molar-refractivity contribution in [1.29, 1.82) is 0 Å². The highest BCUT2D eigenvalue weighted by molar-refractivity contribution is 5.81. The lowest BCUT2D eigenvalue weighted by Gasteiger charge is -2.43.